The van der Waals surface area contributed by atoms with Gasteiger partial charge in [-0.1, -0.05) is 36.4 Å². The minimum Gasteiger partial charge on any atom is -0.489 e. The van der Waals surface area contributed by atoms with E-state index in [1.165, 1.54) is 0 Å². The number of hydrogen-bond donors (Lipinski definition) is 1. The van der Waals surface area contributed by atoms with Crippen molar-refractivity contribution in [1.82, 2.24) is 0 Å². The Kier molecular flexibility index (Phi) is 6.33. The number of benzene rings is 3. The largest absolute Gasteiger partial charge is 0.489 e. The van der Waals surface area contributed by atoms with Crippen molar-refractivity contribution < 1.29 is 14.3 Å². The van der Waals surface area contributed by atoms with Crippen molar-refractivity contribution in [2.75, 3.05) is 5.32 Å². The molecule has 0 aliphatic carbocycles. The summed E-state index contributed by atoms with van der Waals surface area (Å²) in [6, 6.07) is 23.2. The molecule has 0 aliphatic rings. The Hall–Kier alpha value is -3.27. The second kappa shape index (κ2) is 9.09. The van der Waals surface area contributed by atoms with E-state index >= 15 is 0 Å². The zero-order valence-corrected chi connectivity index (χ0v) is 16.4. The first-order chi connectivity index (χ1) is 13.5. The van der Waals surface area contributed by atoms with Crippen molar-refractivity contribution >= 4 is 11.6 Å². The average molecular weight is 375 g/mol. The Morgan fingerprint density at radius 1 is 0.893 bits per heavy atom. The van der Waals surface area contributed by atoms with Gasteiger partial charge in [0.15, 0.2) is 6.10 Å². The summed E-state index contributed by atoms with van der Waals surface area (Å²) in [4.78, 5) is 12.4. The monoisotopic (exact) mass is 375 g/mol. The number of ether oxygens (including phenoxy) is 2. The fourth-order valence-electron chi connectivity index (χ4n) is 2.88. The van der Waals surface area contributed by atoms with Crippen LogP contribution in [-0.4, -0.2) is 12.0 Å². The molecule has 3 aromatic rings. The molecule has 0 aliphatic heterocycles. The van der Waals surface area contributed by atoms with Crippen molar-refractivity contribution in [1.29, 1.82) is 0 Å². The van der Waals surface area contributed by atoms with E-state index < -0.39 is 6.10 Å². The fraction of sp³-hybridized carbons (Fsp3) is 0.208. The summed E-state index contributed by atoms with van der Waals surface area (Å²) in [5.41, 5.74) is 4.02. The number of hydrogen-bond acceptors (Lipinski definition) is 3. The van der Waals surface area contributed by atoms with Gasteiger partial charge in [0.1, 0.15) is 18.1 Å². The predicted octanol–water partition coefficient (Wildman–Crippen LogP) is 5.29. The van der Waals surface area contributed by atoms with E-state index in [0.717, 1.165) is 22.4 Å². The molecule has 1 atom stereocenters. The van der Waals surface area contributed by atoms with E-state index in [9.17, 15) is 4.79 Å². The third-order valence-electron chi connectivity index (χ3n) is 4.25. The zero-order valence-electron chi connectivity index (χ0n) is 16.4. The second-order valence-corrected chi connectivity index (χ2v) is 6.87. The maximum atomic E-state index is 12.4. The third-order valence-corrected chi connectivity index (χ3v) is 4.25. The van der Waals surface area contributed by atoms with Crippen LogP contribution in [0.15, 0.2) is 72.8 Å². The molecule has 3 aromatic carbocycles. The molecule has 0 radical (unpaired) electrons. The molecule has 28 heavy (non-hydrogen) atoms. The van der Waals surface area contributed by atoms with Crippen LogP contribution < -0.4 is 14.8 Å². The number of rotatable bonds is 7. The lowest BCUT2D eigenvalue weighted by Gasteiger charge is -2.16. The number of nitrogens with one attached hydrogen (secondary N) is 1. The van der Waals surface area contributed by atoms with Gasteiger partial charge in [0, 0.05) is 5.69 Å². The van der Waals surface area contributed by atoms with Gasteiger partial charge in [-0.3, -0.25) is 4.79 Å². The van der Waals surface area contributed by atoms with Crippen LogP contribution in [0.3, 0.4) is 0 Å². The van der Waals surface area contributed by atoms with Crippen LogP contribution >= 0.6 is 0 Å². The van der Waals surface area contributed by atoms with Gasteiger partial charge in [0.25, 0.3) is 5.91 Å². The molecule has 0 aromatic heterocycles. The van der Waals surface area contributed by atoms with Crippen LogP contribution in [0, 0.1) is 13.8 Å². The molecule has 0 saturated carbocycles. The molecule has 0 saturated heterocycles. The minimum atomic E-state index is -0.602. The van der Waals surface area contributed by atoms with E-state index in [0.29, 0.717) is 18.0 Å². The van der Waals surface area contributed by atoms with Crippen LogP contribution in [0.1, 0.15) is 23.6 Å². The number of aryl methyl sites for hydroxylation is 2. The fourth-order valence-corrected chi connectivity index (χ4v) is 2.88. The predicted molar refractivity (Wildman–Crippen MR) is 112 cm³/mol. The van der Waals surface area contributed by atoms with Gasteiger partial charge < -0.3 is 14.8 Å². The van der Waals surface area contributed by atoms with Crippen LogP contribution in [0.2, 0.25) is 0 Å². The Morgan fingerprint density at radius 2 is 1.54 bits per heavy atom. The first kappa shape index (κ1) is 19.5. The quantitative estimate of drug-likeness (QED) is 0.610. The van der Waals surface area contributed by atoms with Gasteiger partial charge in [-0.15, -0.1) is 0 Å². The lowest BCUT2D eigenvalue weighted by Crippen LogP contribution is -2.30. The molecule has 3 rings (SSSR count). The maximum Gasteiger partial charge on any atom is 0.265 e. The molecule has 0 fully saturated rings. The summed E-state index contributed by atoms with van der Waals surface area (Å²) in [5, 5.41) is 2.87. The highest BCUT2D eigenvalue weighted by Gasteiger charge is 2.15. The number of anilines is 1. The SMILES string of the molecule is Cc1cc(C)cc(O[C@@H](C)C(=O)Nc2ccc(OCc3ccccc3)cc2)c1. The Bertz CT molecular complexity index is 900. The van der Waals surface area contributed by atoms with E-state index in [1.54, 1.807) is 6.92 Å². The van der Waals surface area contributed by atoms with Gasteiger partial charge >= 0.3 is 0 Å². The smallest absolute Gasteiger partial charge is 0.265 e. The van der Waals surface area contributed by atoms with E-state index in [2.05, 4.69) is 11.4 Å². The van der Waals surface area contributed by atoms with Gasteiger partial charge in [0.05, 0.1) is 0 Å². The van der Waals surface area contributed by atoms with Crippen LogP contribution in [0.5, 0.6) is 11.5 Å². The molecule has 0 unspecified atom stereocenters. The normalized spacial score (nSPS) is 11.5. The van der Waals surface area contributed by atoms with Crippen molar-refractivity contribution in [3.8, 4) is 11.5 Å². The summed E-state index contributed by atoms with van der Waals surface area (Å²) >= 11 is 0. The molecular weight excluding hydrogens is 350 g/mol. The number of carbonyl (C=O) groups excluding carboxylic acids is 1. The highest BCUT2D eigenvalue weighted by molar-refractivity contribution is 5.94. The second-order valence-electron chi connectivity index (χ2n) is 6.87. The van der Waals surface area contributed by atoms with Crippen LogP contribution in [0.4, 0.5) is 5.69 Å². The molecule has 0 spiro atoms. The van der Waals surface area contributed by atoms with Crippen LogP contribution in [-0.2, 0) is 11.4 Å². The number of amides is 1. The molecule has 144 valence electrons. The highest BCUT2D eigenvalue weighted by atomic mass is 16.5. The standard InChI is InChI=1S/C24H25NO3/c1-17-13-18(2)15-23(14-17)28-19(3)24(26)25-21-9-11-22(12-10-21)27-16-20-7-5-4-6-8-20/h4-15,19H,16H2,1-3H3,(H,25,26)/t19-/m0/s1. The average Bonchev–Trinajstić information content (AvgIpc) is 2.67. The molecule has 1 amide bonds. The molecule has 1 N–H and O–H groups in total. The van der Waals surface area contributed by atoms with Crippen molar-refractivity contribution in [3.63, 3.8) is 0 Å². The Labute approximate surface area is 166 Å². The van der Waals surface area contributed by atoms with Crippen molar-refractivity contribution in [2.45, 2.75) is 33.5 Å². The van der Waals surface area contributed by atoms with Gasteiger partial charge in [-0.25, -0.2) is 0 Å². The van der Waals surface area contributed by atoms with E-state index in [4.69, 9.17) is 9.47 Å². The summed E-state index contributed by atoms with van der Waals surface area (Å²) in [6.45, 7) is 6.26. The summed E-state index contributed by atoms with van der Waals surface area (Å²) in [7, 11) is 0. The summed E-state index contributed by atoms with van der Waals surface area (Å²) < 4.78 is 11.5. The van der Waals surface area contributed by atoms with Crippen molar-refractivity contribution in [2.24, 2.45) is 0 Å². The van der Waals surface area contributed by atoms with Crippen molar-refractivity contribution in [3.05, 3.63) is 89.5 Å². The van der Waals surface area contributed by atoms with Gasteiger partial charge in [0.2, 0.25) is 0 Å². The topological polar surface area (TPSA) is 47.6 Å². The lowest BCUT2D eigenvalue weighted by molar-refractivity contribution is -0.122. The summed E-state index contributed by atoms with van der Waals surface area (Å²) in [6.07, 6.45) is -0.602. The Morgan fingerprint density at radius 3 is 2.18 bits per heavy atom. The lowest BCUT2D eigenvalue weighted by atomic mass is 10.1. The maximum absolute atomic E-state index is 12.4. The molecule has 4 heteroatoms. The molecular formula is C24H25NO3. The van der Waals surface area contributed by atoms with Gasteiger partial charge in [-0.2, -0.15) is 0 Å². The third kappa shape index (κ3) is 5.61. The van der Waals surface area contributed by atoms with E-state index in [-0.39, 0.29) is 5.91 Å². The van der Waals surface area contributed by atoms with Gasteiger partial charge in [-0.05, 0) is 73.9 Å². The first-order valence-corrected chi connectivity index (χ1v) is 9.32. The van der Waals surface area contributed by atoms with Crippen LogP contribution in [0.25, 0.3) is 0 Å². The van der Waals surface area contributed by atoms with E-state index in [1.807, 2.05) is 80.6 Å². The zero-order chi connectivity index (χ0) is 19.9. The minimum absolute atomic E-state index is 0.197. The molecule has 4 nitrogen and oxygen atoms in total. The Balaban J connectivity index is 1.53. The highest BCUT2D eigenvalue weighted by Crippen LogP contribution is 2.20. The first-order valence-electron chi connectivity index (χ1n) is 9.32. The number of carbonyl (C=O) groups is 1. The molecule has 0 bridgehead atoms. The summed E-state index contributed by atoms with van der Waals surface area (Å²) in [5.74, 6) is 1.25. The molecule has 0 heterocycles.